The molecular formula is C16H22N4O2. The number of ether oxygens (including phenoxy) is 1. The number of nitrogens with zero attached hydrogens (tertiary/aromatic N) is 4. The smallest absolute Gasteiger partial charge is 0.355 e. The molecule has 1 aliphatic heterocycles. The molecule has 1 aliphatic rings. The van der Waals surface area contributed by atoms with Crippen molar-refractivity contribution in [2.24, 2.45) is 0 Å². The van der Waals surface area contributed by atoms with E-state index >= 15 is 0 Å². The minimum absolute atomic E-state index is 0.362. The third kappa shape index (κ3) is 2.59. The molecule has 2 aromatic heterocycles. The number of carbonyl (C=O) groups is 1. The summed E-state index contributed by atoms with van der Waals surface area (Å²) >= 11 is 0. The van der Waals surface area contributed by atoms with Crippen molar-refractivity contribution in [1.29, 1.82) is 0 Å². The predicted molar refractivity (Wildman–Crippen MR) is 82.9 cm³/mol. The third-order valence-corrected chi connectivity index (χ3v) is 4.39. The van der Waals surface area contributed by atoms with Crippen molar-refractivity contribution in [3.63, 3.8) is 0 Å². The lowest BCUT2D eigenvalue weighted by Crippen LogP contribution is -2.37. The van der Waals surface area contributed by atoms with Crippen molar-refractivity contribution in [1.82, 2.24) is 19.5 Å². The Balaban J connectivity index is 1.96. The van der Waals surface area contributed by atoms with Crippen LogP contribution in [0.4, 0.5) is 0 Å². The molecule has 1 unspecified atom stereocenters. The standard InChI is InChI=1S/C16H22N4O2/c1-11(2)19-9-5-6-12(19)10-15-18-17-14-8-4-7-13(20(14)15)16(21)22-3/h4,7-8,11-12H,5-6,9-10H2,1-3H3. The van der Waals surface area contributed by atoms with Crippen LogP contribution in [0.25, 0.3) is 5.65 Å². The number of esters is 1. The molecular weight excluding hydrogens is 280 g/mol. The van der Waals surface area contributed by atoms with Crippen LogP contribution in [0.2, 0.25) is 0 Å². The molecule has 22 heavy (non-hydrogen) atoms. The van der Waals surface area contributed by atoms with Gasteiger partial charge in [0.1, 0.15) is 11.5 Å². The summed E-state index contributed by atoms with van der Waals surface area (Å²) in [4.78, 5) is 14.5. The molecule has 0 spiro atoms. The molecule has 6 heteroatoms. The number of methoxy groups -OCH3 is 1. The number of aromatic nitrogens is 3. The van der Waals surface area contributed by atoms with Crippen LogP contribution in [-0.4, -0.2) is 51.2 Å². The quantitative estimate of drug-likeness (QED) is 0.808. The maximum atomic E-state index is 12.0. The minimum atomic E-state index is -0.362. The van der Waals surface area contributed by atoms with Gasteiger partial charge in [-0.15, -0.1) is 10.2 Å². The van der Waals surface area contributed by atoms with E-state index in [1.54, 1.807) is 12.1 Å². The summed E-state index contributed by atoms with van der Waals surface area (Å²) in [5, 5.41) is 8.50. The summed E-state index contributed by atoms with van der Waals surface area (Å²) in [5.41, 5.74) is 1.17. The molecule has 118 valence electrons. The molecule has 1 saturated heterocycles. The molecule has 0 bridgehead atoms. The van der Waals surface area contributed by atoms with E-state index in [4.69, 9.17) is 4.74 Å². The second kappa shape index (κ2) is 6.04. The van der Waals surface area contributed by atoms with Crippen LogP contribution >= 0.6 is 0 Å². The number of likely N-dealkylation sites (tertiary alicyclic amines) is 1. The highest BCUT2D eigenvalue weighted by Crippen LogP contribution is 2.23. The molecule has 1 fully saturated rings. The second-order valence-corrected chi connectivity index (χ2v) is 6.04. The van der Waals surface area contributed by atoms with E-state index in [-0.39, 0.29) is 5.97 Å². The Hall–Kier alpha value is -1.95. The summed E-state index contributed by atoms with van der Waals surface area (Å²) in [5.74, 6) is 0.465. The van der Waals surface area contributed by atoms with Gasteiger partial charge in [0, 0.05) is 18.5 Å². The first-order chi connectivity index (χ1) is 10.6. The average molecular weight is 302 g/mol. The number of fused-ring (bicyclic) bond motifs is 1. The molecule has 0 aliphatic carbocycles. The normalized spacial score (nSPS) is 19.2. The van der Waals surface area contributed by atoms with Gasteiger partial charge in [-0.2, -0.15) is 0 Å². The van der Waals surface area contributed by atoms with Crippen LogP contribution in [0.5, 0.6) is 0 Å². The Labute approximate surface area is 130 Å². The third-order valence-electron chi connectivity index (χ3n) is 4.39. The lowest BCUT2D eigenvalue weighted by atomic mass is 10.1. The number of hydrogen-bond donors (Lipinski definition) is 0. The molecule has 2 aromatic rings. The van der Waals surface area contributed by atoms with Crippen LogP contribution in [0, 0.1) is 0 Å². The summed E-state index contributed by atoms with van der Waals surface area (Å²) in [7, 11) is 1.39. The monoisotopic (exact) mass is 302 g/mol. The number of pyridine rings is 1. The Bertz CT molecular complexity index is 680. The fourth-order valence-electron chi connectivity index (χ4n) is 3.36. The van der Waals surface area contributed by atoms with Gasteiger partial charge in [-0.1, -0.05) is 6.07 Å². The maximum Gasteiger partial charge on any atom is 0.355 e. The SMILES string of the molecule is COC(=O)c1cccc2nnc(CC3CCCN3C(C)C)n12. The van der Waals surface area contributed by atoms with Crippen molar-refractivity contribution in [3.8, 4) is 0 Å². The van der Waals surface area contributed by atoms with Crippen molar-refractivity contribution in [2.75, 3.05) is 13.7 Å². The summed E-state index contributed by atoms with van der Waals surface area (Å²) in [6.07, 6.45) is 3.17. The maximum absolute atomic E-state index is 12.0. The van der Waals surface area contributed by atoms with E-state index in [1.807, 2.05) is 10.5 Å². The van der Waals surface area contributed by atoms with Gasteiger partial charge in [-0.05, 0) is 45.4 Å². The Morgan fingerprint density at radius 2 is 2.23 bits per heavy atom. The highest BCUT2D eigenvalue weighted by molar-refractivity contribution is 5.88. The van der Waals surface area contributed by atoms with E-state index in [9.17, 15) is 4.79 Å². The van der Waals surface area contributed by atoms with Gasteiger partial charge in [0.2, 0.25) is 0 Å². The average Bonchev–Trinajstić information content (AvgIpc) is 3.14. The zero-order valence-corrected chi connectivity index (χ0v) is 13.3. The topological polar surface area (TPSA) is 59.7 Å². The zero-order chi connectivity index (χ0) is 15.7. The van der Waals surface area contributed by atoms with Crippen LogP contribution < -0.4 is 0 Å². The summed E-state index contributed by atoms with van der Waals surface area (Å²) < 4.78 is 6.69. The van der Waals surface area contributed by atoms with Crippen LogP contribution in [-0.2, 0) is 11.2 Å². The van der Waals surface area contributed by atoms with Gasteiger partial charge in [-0.25, -0.2) is 4.79 Å². The second-order valence-electron chi connectivity index (χ2n) is 6.04. The summed E-state index contributed by atoms with van der Waals surface area (Å²) in [6, 6.07) is 6.39. The fraction of sp³-hybridized carbons (Fsp3) is 0.562. The Morgan fingerprint density at radius 3 is 2.95 bits per heavy atom. The van der Waals surface area contributed by atoms with Gasteiger partial charge in [0.25, 0.3) is 0 Å². The molecule has 1 atom stereocenters. The van der Waals surface area contributed by atoms with Crippen LogP contribution in [0.15, 0.2) is 18.2 Å². The zero-order valence-electron chi connectivity index (χ0n) is 13.3. The van der Waals surface area contributed by atoms with E-state index in [1.165, 1.54) is 13.5 Å². The number of carbonyl (C=O) groups excluding carboxylic acids is 1. The lowest BCUT2D eigenvalue weighted by molar-refractivity contribution is 0.0591. The highest BCUT2D eigenvalue weighted by atomic mass is 16.5. The minimum Gasteiger partial charge on any atom is -0.464 e. The molecule has 3 rings (SSSR count). The Kier molecular flexibility index (Phi) is 4.11. The number of rotatable bonds is 4. The lowest BCUT2D eigenvalue weighted by Gasteiger charge is -2.27. The van der Waals surface area contributed by atoms with E-state index in [0.717, 1.165) is 25.2 Å². The van der Waals surface area contributed by atoms with Crippen LogP contribution in [0.1, 0.15) is 43.0 Å². The van der Waals surface area contributed by atoms with Gasteiger partial charge < -0.3 is 4.74 Å². The fourth-order valence-corrected chi connectivity index (χ4v) is 3.36. The first-order valence-corrected chi connectivity index (χ1v) is 7.79. The first-order valence-electron chi connectivity index (χ1n) is 7.79. The molecule has 0 amide bonds. The summed E-state index contributed by atoms with van der Waals surface area (Å²) in [6.45, 7) is 5.57. The van der Waals surface area contributed by atoms with Crippen molar-refractivity contribution in [2.45, 2.75) is 45.2 Å². The predicted octanol–water partition coefficient (Wildman–Crippen LogP) is 1.93. The van der Waals surface area contributed by atoms with Gasteiger partial charge in [-0.3, -0.25) is 9.30 Å². The van der Waals surface area contributed by atoms with Crippen molar-refractivity contribution < 1.29 is 9.53 Å². The first kappa shape index (κ1) is 15.0. The molecule has 6 nitrogen and oxygen atoms in total. The molecule has 0 radical (unpaired) electrons. The van der Waals surface area contributed by atoms with E-state index in [2.05, 4.69) is 28.9 Å². The Morgan fingerprint density at radius 1 is 1.41 bits per heavy atom. The van der Waals surface area contributed by atoms with E-state index < -0.39 is 0 Å². The number of hydrogen-bond acceptors (Lipinski definition) is 5. The largest absolute Gasteiger partial charge is 0.464 e. The molecule has 0 saturated carbocycles. The van der Waals surface area contributed by atoms with Gasteiger partial charge in [0.15, 0.2) is 5.65 Å². The van der Waals surface area contributed by atoms with Crippen molar-refractivity contribution >= 4 is 11.6 Å². The van der Waals surface area contributed by atoms with Gasteiger partial charge >= 0.3 is 5.97 Å². The molecule has 3 heterocycles. The van der Waals surface area contributed by atoms with Crippen molar-refractivity contribution in [3.05, 3.63) is 29.7 Å². The van der Waals surface area contributed by atoms with Crippen LogP contribution in [0.3, 0.4) is 0 Å². The molecule has 0 aromatic carbocycles. The van der Waals surface area contributed by atoms with E-state index in [0.29, 0.717) is 23.4 Å². The molecule has 0 N–H and O–H groups in total. The highest BCUT2D eigenvalue weighted by Gasteiger charge is 2.28. The van der Waals surface area contributed by atoms with Gasteiger partial charge in [0.05, 0.1) is 7.11 Å².